The Morgan fingerprint density at radius 2 is 1.76 bits per heavy atom. The van der Waals surface area contributed by atoms with E-state index in [1.807, 2.05) is 0 Å². The van der Waals surface area contributed by atoms with Crippen LogP contribution in [-0.4, -0.2) is 27.5 Å². The first-order valence-electron chi connectivity index (χ1n) is 10.0. The Morgan fingerprint density at radius 1 is 1.08 bits per heavy atom. The number of nitrogens with one attached hydrogen (secondary N) is 1. The van der Waals surface area contributed by atoms with Crippen molar-refractivity contribution in [2.45, 2.75) is 83.2 Å². The monoisotopic (exact) mass is 361 g/mol. The van der Waals surface area contributed by atoms with Crippen LogP contribution in [0.25, 0.3) is 0 Å². The molecule has 1 N–H and O–H groups in total. The van der Waals surface area contributed by atoms with Crippen molar-refractivity contribution in [3.8, 4) is 5.75 Å². The third kappa shape index (κ3) is 3.41. The molecular weight excluding hydrogens is 326 g/mol. The van der Waals surface area contributed by atoms with Crippen molar-refractivity contribution >= 4 is 8.32 Å². The lowest BCUT2D eigenvalue weighted by Gasteiger charge is -2.43. The molecule has 4 heteroatoms. The Kier molecular flexibility index (Phi) is 5.62. The Balaban J connectivity index is 1.93. The summed E-state index contributed by atoms with van der Waals surface area (Å²) in [6, 6.07) is 7.22. The van der Waals surface area contributed by atoms with E-state index in [9.17, 15) is 0 Å². The number of morpholine rings is 1. The summed E-state index contributed by atoms with van der Waals surface area (Å²) in [7, 11) is -1.91. The molecule has 2 aliphatic rings. The predicted molar refractivity (Wildman–Crippen MR) is 107 cm³/mol. The van der Waals surface area contributed by atoms with Gasteiger partial charge in [-0.3, -0.25) is 0 Å². The molecule has 1 fully saturated rings. The van der Waals surface area contributed by atoms with Gasteiger partial charge in [0.1, 0.15) is 5.75 Å². The summed E-state index contributed by atoms with van der Waals surface area (Å²) >= 11 is 0. The van der Waals surface area contributed by atoms with E-state index < -0.39 is 8.32 Å². The second kappa shape index (κ2) is 7.41. The van der Waals surface area contributed by atoms with Gasteiger partial charge in [-0.25, -0.2) is 0 Å². The SMILES string of the molecule is CC(C)[Si](Oc1ccc2c(c1)[C@H]1OCCN[C@@H]1CC2)(C(C)C)C(C)C. The predicted octanol–water partition coefficient (Wildman–Crippen LogP) is 5.22. The van der Waals surface area contributed by atoms with Crippen molar-refractivity contribution in [3.05, 3.63) is 29.3 Å². The number of aryl methyl sites for hydroxylation is 1. The molecule has 1 saturated heterocycles. The van der Waals surface area contributed by atoms with Gasteiger partial charge in [-0.05, 0) is 52.7 Å². The van der Waals surface area contributed by atoms with Gasteiger partial charge >= 0.3 is 0 Å². The first kappa shape index (κ1) is 18.9. The Morgan fingerprint density at radius 3 is 2.40 bits per heavy atom. The zero-order valence-corrected chi connectivity index (χ0v) is 17.8. The molecule has 0 bridgehead atoms. The Bertz CT molecular complexity index is 578. The lowest BCUT2D eigenvalue weighted by atomic mass is 9.85. The molecule has 0 amide bonds. The van der Waals surface area contributed by atoms with Crippen molar-refractivity contribution in [3.63, 3.8) is 0 Å². The molecule has 1 aliphatic heterocycles. The quantitative estimate of drug-likeness (QED) is 0.730. The highest BCUT2D eigenvalue weighted by molar-refractivity contribution is 6.78. The number of fused-ring (bicyclic) bond motifs is 3. The minimum absolute atomic E-state index is 0.189. The molecule has 2 atom stereocenters. The van der Waals surface area contributed by atoms with Crippen LogP contribution in [-0.2, 0) is 11.2 Å². The number of benzene rings is 1. The lowest BCUT2D eigenvalue weighted by Crippen LogP contribution is -2.50. The van der Waals surface area contributed by atoms with Crippen LogP contribution >= 0.6 is 0 Å². The minimum Gasteiger partial charge on any atom is -0.543 e. The summed E-state index contributed by atoms with van der Waals surface area (Å²) in [6.07, 6.45) is 2.49. The molecule has 0 aromatic heterocycles. The van der Waals surface area contributed by atoms with E-state index >= 15 is 0 Å². The fourth-order valence-corrected chi connectivity index (χ4v) is 10.5. The highest BCUT2D eigenvalue weighted by Crippen LogP contribution is 2.44. The van der Waals surface area contributed by atoms with Crippen LogP contribution in [0, 0.1) is 0 Å². The molecule has 140 valence electrons. The van der Waals surface area contributed by atoms with E-state index in [4.69, 9.17) is 9.16 Å². The summed E-state index contributed by atoms with van der Waals surface area (Å²) in [4.78, 5) is 0. The van der Waals surface area contributed by atoms with E-state index in [1.165, 1.54) is 17.5 Å². The highest BCUT2D eigenvalue weighted by atomic mass is 28.4. The molecule has 25 heavy (non-hydrogen) atoms. The minimum atomic E-state index is -1.91. The van der Waals surface area contributed by atoms with Crippen LogP contribution in [0.15, 0.2) is 18.2 Å². The third-order valence-corrected chi connectivity index (χ3v) is 12.3. The molecule has 1 heterocycles. The average Bonchev–Trinajstić information content (AvgIpc) is 2.58. The molecule has 1 aromatic carbocycles. The molecule has 0 saturated carbocycles. The van der Waals surface area contributed by atoms with Crippen LogP contribution in [0.2, 0.25) is 16.6 Å². The molecular formula is C21H35NO2Si. The van der Waals surface area contributed by atoms with Crippen molar-refractivity contribution in [1.29, 1.82) is 0 Å². The zero-order chi connectivity index (χ0) is 18.2. The summed E-state index contributed by atoms with van der Waals surface area (Å²) in [6.45, 7) is 15.8. The van der Waals surface area contributed by atoms with Crippen molar-refractivity contribution in [1.82, 2.24) is 5.32 Å². The maximum Gasteiger partial charge on any atom is 0.258 e. The van der Waals surface area contributed by atoms with Gasteiger partial charge in [0.15, 0.2) is 0 Å². The molecule has 0 spiro atoms. The largest absolute Gasteiger partial charge is 0.543 e. The second-order valence-corrected chi connectivity index (χ2v) is 14.0. The van der Waals surface area contributed by atoms with Crippen LogP contribution in [0.5, 0.6) is 5.75 Å². The maximum atomic E-state index is 6.90. The fourth-order valence-electron chi connectivity index (χ4n) is 5.21. The van der Waals surface area contributed by atoms with E-state index in [1.54, 1.807) is 0 Å². The van der Waals surface area contributed by atoms with E-state index in [-0.39, 0.29) is 6.10 Å². The topological polar surface area (TPSA) is 30.5 Å². The molecule has 0 unspecified atom stereocenters. The number of hydrogen-bond donors (Lipinski definition) is 1. The maximum absolute atomic E-state index is 6.90. The smallest absolute Gasteiger partial charge is 0.258 e. The van der Waals surface area contributed by atoms with Crippen molar-refractivity contribution in [2.75, 3.05) is 13.2 Å². The second-order valence-electron chi connectivity index (χ2n) is 8.67. The molecule has 1 aliphatic carbocycles. The van der Waals surface area contributed by atoms with Gasteiger partial charge in [0.05, 0.1) is 12.7 Å². The van der Waals surface area contributed by atoms with Crippen LogP contribution in [0.3, 0.4) is 0 Å². The van der Waals surface area contributed by atoms with Crippen LogP contribution in [0.4, 0.5) is 0 Å². The number of rotatable bonds is 5. The Labute approximate surface area is 154 Å². The first-order chi connectivity index (χ1) is 11.9. The summed E-state index contributed by atoms with van der Waals surface area (Å²) < 4.78 is 13.0. The van der Waals surface area contributed by atoms with E-state index in [0.29, 0.717) is 22.7 Å². The lowest BCUT2D eigenvalue weighted by molar-refractivity contribution is -0.0127. The van der Waals surface area contributed by atoms with E-state index in [0.717, 1.165) is 25.3 Å². The normalized spacial score (nSPS) is 23.7. The van der Waals surface area contributed by atoms with Gasteiger partial charge in [0.25, 0.3) is 8.32 Å². The van der Waals surface area contributed by atoms with Crippen LogP contribution < -0.4 is 9.74 Å². The Hall–Kier alpha value is -0.843. The number of ether oxygens (including phenoxy) is 1. The molecule has 0 radical (unpaired) electrons. The van der Waals surface area contributed by atoms with Gasteiger partial charge in [0, 0.05) is 12.6 Å². The first-order valence-corrected chi connectivity index (χ1v) is 12.2. The molecule has 3 nitrogen and oxygen atoms in total. The summed E-state index contributed by atoms with van der Waals surface area (Å²) in [5.41, 5.74) is 4.54. The van der Waals surface area contributed by atoms with Gasteiger partial charge in [0.2, 0.25) is 0 Å². The van der Waals surface area contributed by atoms with Crippen LogP contribution in [0.1, 0.15) is 65.2 Å². The van der Waals surface area contributed by atoms with Crippen molar-refractivity contribution in [2.24, 2.45) is 0 Å². The highest BCUT2D eigenvalue weighted by Gasteiger charge is 2.47. The summed E-state index contributed by atoms with van der Waals surface area (Å²) in [5, 5.41) is 3.63. The fraction of sp³-hybridized carbons (Fsp3) is 0.714. The summed E-state index contributed by atoms with van der Waals surface area (Å²) in [5.74, 6) is 1.05. The van der Waals surface area contributed by atoms with E-state index in [2.05, 4.69) is 65.1 Å². The van der Waals surface area contributed by atoms with Gasteiger partial charge in [-0.1, -0.05) is 47.6 Å². The average molecular weight is 362 g/mol. The standard InChI is InChI=1S/C21H35NO2Si/c1-14(2)25(15(3)4,16(5)6)24-18-9-7-17-8-10-20-21(19(17)13-18)23-12-11-22-20/h7,9,13-16,20-22H,8,10-12H2,1-6H3/t20-,21-/m1/s1. The number of hydrogen-bond acceptors (Lipinski definition) is 3. The van der Waals surface area contributed by atoms with Gasteiger partial charge in [-0.15, -0.1) is 0 Å². The molecule has 1 aromatic rings. The third-order valence-electron chi connectivity index (χ3n) is 6.32. The zero-order valence-electron chi connectivity index (χ0n) is 16.8. The van der Waals surface area contributed by atoms with Gasteiger partial charge < -0.3 is 14.5 Å². The van der Waals surface area contributed by atoms with Crippen molar-refractivity contribution < 1.29 is 9.16 Å². The van der Waals surface area contributed by atoms with Gasteiger partial charge in [-0.2, -0.15) is 0 Å². The molecule has 3 rings (SSSR count).